The summed E-state index contributed by atoms with van der Waals surface area (Å²) in [6.45, 7) is 3.15. The number of sulfone groups is 1. The lowest BCUT2D eigenvalue weighted by atomic mass is 10.3. The summed E-state index contributed by atoms with van der Waals surface area (Å²) in [6.07, 6.45) is 3.41. The van der Waals surface area contributed by atoms with E-state index >= 15 is 0 Å². The van der Waals surface area contributed by atoms with Crippen LogP contribution < -0.4 is 5.32 Å². The van der Waals surface area contributed by atoms with Gasteiger partial charge in [0.25, 0.3) is 0 Å². The van der Waals surface area contributed by atoms with Crippen LogP contribution in [0.3, 0.4) is 0 Å². The van der Waals surface area contributed by atoms with Crippen LogP contribution in [0.1, 0.15) is 12.6 Å². The maximum Gasteiger partial charge on any atom is 0.153 e. The number of nitrogens with one attached hydrogen (secondary N) is 1. The van der Waals surface area contributed by atoms with Gasteiger partial charge in [0.2, 0.25) is 0 Å². The molecular weight excluding hydrogens is 252 g/mol. The number of aromatic nitrogens is 2. The molecule has 0 aliphatic carbocycles. The molecule has 0 saturated carbocycles. The molecule has 0 amide bonds. The van der Waals surface area contributed by atoms with Crippen molar-refractivity contribution in [2.45, 2.75) is 19.5 Å². The summed E-state index contributed by atoms with van der Waals surface area (Å²) in [7, 11) is -1.06. The molecule has 0 bridgehead atoms. The van der Waals surface area contributed by atoms with E-state index in [1.165, 1.54) is 0 Å². The first kappa shape index (κ1) is 13.2. The van der Waals surface area contributed by atoms with Crippen molar-refractivity contribution < 1.29 is 8.42 Å². The van der Waals surface area contributed by atoms with Crippen molar-refractivity contribution in [2.24, 2.45) is 0 Å². The molecule has 7 heteroatoms. The lowest BCUT2D eigenvalue weighted by Crippen LogP contribution is -2.46. The van der Waals surface area contributed by atoms with Gasteiger partial charge in [-0.05, 0) is 6.92 Å². The van der Waals surface area contributed by atoms with E-state index < -0.39 is 9.84 Å². The van der Waals surface area contributed by atoms with Gasteiger partial charge in [-0.25, -0.2) is 13.4 Å². The van der Waals surface area contributed by atoms with Crippen LogP contribution in [0.5, 0.6) is 0 Å². The van der Waals surface area contributed by atoms with Crippen molar-refractivity contribution in [1.82, 2.24) is 14.9 Å². The van der Waals surface area contributed by atoms with Crippen LogP contribution in [-0.4, -0.2) is 54.4 Å². The Hall–Kier alpha value is -1.21. The number of hydrogen-bond donors (Lipinski definition) is 1. The first-order chi connectivity index (χ1) is 8.50. The van der Waals surface area contributed by atoms with Crippen LogP contribution in [-0.2, 0) is 16.4 Å². The molecule has 2 rings (SSSR count). The van der Waals surface area contributed by atoms with E-state index in [-0.39, 0.29) is 17.5 Å². The van der Waals surface area contributed by atoms with E-state index in [4.69, 9.17) is 0 Å². The molecule has 1 aliphatic heterocycles. The second-order valence-electron chi connectivity index (χ2n) is 4.58. The van der Waals surface area contributed by atoms with Gasteiger partial charge in [0.05, 0.1) is 29.6 Å². The molecule has 6 nitrogen and oxygen atoms in total. The van der Waals surface area contributed by atoms with E-state index in [1.54, 1.807) is 19.4 Å². The van der Waals surface area contributed by atoms with Crippen LogP contribution in [0.4, 0.5) is 5.82 Å². The van der Waals surface area contributed by atoms with E-state index in [0.717, 1.165) is 11.5 Å². The molecule has 1 aromatic rings. The molecule has 18 heavy (non-hydrogen) atoms. The number of nitrogens with zero attached hydrogens (tertiary/aromatic N) is 3. The van der Waals surface area contributed by atoms with Crippen molar-refractivity contribution in [1.29, 1.82) is 0 Å². The predicted molar refractivity (Wildman–Crippen MR) is 70.1 cm³/mol. The van der Waals surface area contributed by atoms with Gasteiger partial charge in [0.1, 0.15) is 5.82 Å². The molecule has 2 heterocycles. The Morgan fingerprint density at radius 1 is 1.44 bits per heavy atom. The van der Waals surface area contributed by atoms with Gasteiger partial charge in [-0.15, -0.1) is 0 Å². The molecule has 1 aliphatic rings. The molecule has 0 aromatic carbocycles. The third-order valence-corrected chi connectivity index (χ3v) is 4.93. The average Bonchev–Trinajstić information content (AvgIpc) is 2.33. The summed E-state index contributed by atoms with van der Waals surface area (Å²) < 4.78 is 23.0. The van der Waals surface area contributed by atoms with Crippen LogP contribution in [0.25, 0.3) is 0 Å². The van der Waals surface area contributed by atoms with Crippen LogP contribution in [0.2, 0.25) is 0 Å². The highest BCUT2D eigenvalue weighted by Crippen LogP contribution is 2.14. The Morgan fingerprint density at radius 2 is 2.22 bits per heavy atom. The van der Waals surface area contributed by atoms with Crippen LogP contribution in [0.15, 0.2) is 12.4 Å². The van der Waals surface area contributed by atoms with Gasteiger partial charge in [-0.2, -0.15) is 0 Å². The second kappa shape index (κ2) is 5.19. The zero-order chi connectivity index (χ0) is 13.2. The quantitative estimate of drug-likeness (QED) is 0.842. The zero-order valence-corrected chi connectivity index (χ0v) is 11.4. The highest BCUT2D eigenvalue weighted by molar-refractivity contribution is 7.91. The van der Waals surface area contributed by atoms with Crippen LogP contribution >= 0.6 is 0 Å². The third-order valence-electron chi connectivity index (χ3n) is 3.13. The molecule has 0 spiro atoms. The van der Waals surface area contributed by atoms with Crippen molar-refractivity contribution in [3.8, 4) is 0 Å². The lowest BCUT2D eigenvalue weighted by molar-refractivity contribution is 0.215. The fourth-order valence-electron chi connectivity index (χ4n) is 2.04. The standard InChI is InChI=1S/C11H18N4O2S/c1-9-8-18(16,17)4-3-15(9)7-10-5-14-11(12-2)6-13-10/h5-6,9H,3-4,7-8H2,1-2H3,(H,12,14). The Morgan fingerprint density at radius 3 is 2.78 bits per heavy atom. The monoisotopic (exact) mass is 270 g/mol. The van der Waals surface area contributed by atoms with Gasteiger partial charge < -0.3 is 5.32 Å². The van der Waals surface area contributed by atoms with E-state index in [1.807, 2.05) is 6.92 Å². The molecule has 1 aromatic heterocycles. The topological polar surface area (TPSA) is 75.2 Å². The predicted octanol–water partition coefficient (Wildman–Crippen LogP) is 0.137. The minimum atomic E-state index is -2.86. The summed E-state index contributed by atoms with van der Waals surface area (Å²) in [5.74, 6) is 1.20. The van der Waals surface area contributed by atoms with Gasteiger partial charge >= 0.3 is 0 Å². The zero-order valence-electron chi connectivity index (χ0n) is 10.6. The van der Waals surface area contributed by atoms with E-state index in [0.29, 0.717) is 13.1 Å². The minimum Gasteiger partial charge on any atom is -0.372 e. The molecule has 1 unspecified atom stereocenters. The second-order valence-corrected chi connectivity index (χ2v) is 6.81. The molecular formula is C11H18N4O2S. The number of hydrogen-bond acceptors (Lipinski definition) is 6. The maximum absolute atomic E-state index is 11.5. The van der Waals surface area contributed by atoms with Crippen molar-refractivity contribution >= 4 is 15.7 Å². The number of anilines is 1. The Bertz CT molecular complexity index is 500. The SMILES string of the molecule is CNc1cnc(CN2CCS(=O)(=O)CC2C)cn1. The Kier molecular flexibility index (Phi) is 3.82. The summed E-state index contributed by atoms with van der Waals surface area (Å²) in [5.41, 5.74) is 0.861. The Balaban J connectivity index is 2.01. The van der Waals surface area contributed by atoms with Gasteiger partial charge in [0, 0.05) is 26.2 Å². The number of rotatable bonds is 3. The van der Waals surface area contributed by atoms with Crippen molar-refractivity contribution in [3.05, 3.63) is 18.1 Å². The molecule has 1 saturated heterocycles. The minimum absolute atomic E-state index is 0.0366. The normalized spacial score (nSPS) is 23.8. The lowest BCUT2D eigenvalue weighted by Gasteiger charge is -2.32. The molecule has 0 radical (unpaired) electrons. The first-order valence-electron chi connectivity index (χ1n) is 5.93. The van der Waals surface area contributed by atoms with E-state index in [9.17, 15) is 8.42 Å². The molecule has 100 valence electrons. The fourth-order valence-corrected chi connectivity index (χ4v) is 3.67. The Labute approximate surface area is 107 Å². The third kappa shape index (κ3) is 3.17. The van der Waals surface area contributed by atoms with Gasteiger partial charge in [-0.1, -0.05) is 0 Å². The summed E-state index contributed by atoms with van der Waals surface area (Å²) in [4.78, 5) is 10.6. The fraction of sp³-hybridized carbons (Fsp3) is 0.636. The summed E-state index contributed by atoms with van der Waals surface area (Å²) in [6, 6.07) is 0.0366. The largest absolute Gasteiger partial charge is 0.372 e. The van der Waals surface area contributed by atoms with Gasteiger partial charge in [0.15, 0.2) is 9.84 Å². The highest BCUT2D eigenvalue weighted by Gasteiger charge is 2.28. The van der Waals surface area contributed by atoms with Crippen LogP contribution in [0, 0.1) is 0 Å². The van der Waals surface area contributed by atoms with Crippen molar-refractivity contribution in [2.75, 3.05) is 30.4 Å². The molecule has 1 N–H and O–H groups in total. The first-order valence-corrected chi connectivity index (χ1v) is 7.75. The molecule has 1 fully saturated rings. The highest BCUT2D eigenvalue weighted by atomic mass is 32.2. The summed E-state index contributed by atoms with van der Waals surface area (Å²) >= 11 is 0. The maximum atomic E-state index is 11.5. The smallest absolute Gasteiger partial charge is 0.153 e. The van der Waals surface area contributed by atoms with E-state index in [2.05, 4.69) is 20.2 Å². The van der Waals surface area contributed by atoms with Crippen molar-refractivity contribution in [3.63, 3.8) is 0 Å². The summed E-state index contributed by atoms with van der Waals surface area (Å²) in [5, 5.41) is 2.91. The van der Waals surface area contributed by atoms with Gasteiger partial charge in [-0.3, -0.25) is 9.88 Å². The molecule has 1 atom stereocenters. The average molecular weight is 270 g/mol.